The van der Waals surface area contributed by atoms with E-state index in [1.807, 2.05) is 20.8 Å². The molecule has 0 atom stereocenters. The van der Waals surface area contributed by atoms with Crippen LogP contribution in [0.15, 0.2) is 18.2 Å². The summed E-state index contributed by atoms with van der Waals surface area (Å²) < 4.78 is 26.4. The third-order valence-corrected chi connectivity index (χ3v) is 3.18. The number of nitrogens with two attached hydrogens (primary N) is 1. The van der Waals surface area contributed by atoms with E-state index in [-0.39, 0.29) is 12.3 Å². The van der Waals surface area contributed by atoms with Gasteiger partial charge < -0.3 is 5.43 Å². The monoisotopic (exact) mass is 292 g/mol. The first kappa shape index (κ1) is 15.3. The molecule has 1 aromatic carbocycles. The van der Waals surface area contributed by atoms with Gasteiger partial charge in [-0.2, -0.15) is 0 Å². The molecule has 2 rings (SSSR count). The number of anilines is 1. The molecule has 3 N–H and O–H groups in total. The Balaban J connectivity index is 2.39. The Hall–Kier alpha value is -2.08. The van der Waals surface area contributed by atoms with Gasteiger partial charge in [0, 0.05) is 23.7 Å². The molecule has 0 aliphatic rings. The number of rotatable bonds is 4. The number of benzene rings is 1. The van der Waals surface area contributed by atoms with Gasteiger partial charge in [0.2, 0.25) is 0 Å². The molecule has 4 nitrogen and oxygen atoms in total. The second-order valence-corrected chi connectivity index (χ2v) is 5.24. The van der Waals surface area contributed by atoms with Crippen molar-refractivity contribution in [1.82, 2.24) is 9.97 Å². The summed E-state index contributed by atoms with van der Waals surface area (Å²) in [5, 5.41) is 0. The smallest absolute Gasteiger partial charge is 0.147 e. The first-order valence-corrected chi connectivity index (χ1v) is 6.69. The highest BCUT2D eigenvalue weighted by Gasteiger charge is 2.14. The number of nitrogen functional groups attached to an aromatic ring is 1. The lowest BCUT2D eigenvalue weighted by atomic mass is 10.0. The molecule has 0 spiro atoms. The molecule has 2 aromatic rings. The molecule has 0 saturated carbocycles. The fraction of sp³-hybridized carbons (Fsp3) is 0.333. The molecule has 21 heavy (non-hydrogen) atoms. The van der Waals surface area contributed by atoms with Crippen LogP contribution in [0.4, 0.5) is 14.6 Å². The van der Waals surface area contributed by atoms with Crippen LogP contribution in [0.1, 0.15) is 42.4 Å². The highest BCUT2D eigenvalue weighted by Crippen LogP contribution is 2.25. The zero-order valence-electron chi connectivity index (χ0n) is 12.2. The van der Waals surface area contributed by atoms with Crippen LogP contribution in [0.25, 0.3) is 0 Å². The van der Waals surface area contributed by atoms with Crippen LogP contribution < -0.4 is 11.3 Å². The molecular formula is C15H18F2N4. The van der Waals surface area contributed by atoms with E-state index in [0.29, 0.717) is 17.2 Å². The van der Waals surface area contributed by atoms with Crippen LogP contribution in [0, 0.1) is 18.6 Å². The molecular weight excluding hydrogens is 274 g/mol. The molecule has 112 valence electrons. The maximum Gasteiger partial charge on any atom is 0.147 e. The zero-order valence-corrected chi connectivity index (χ0v) is 12.2. The normalized spacial score (nSPS) is 11.0. The lowest BCUT2D eigenvalue weighted by Gasteiger charge is -2.15. The number of hydrogen-bond donors (Lipinski definition) is 2. The average Bonchev–Trinajstić information content (AvgIpc) is 2.35. The van der Waals surface area contributed by atoms with E-state index in [0.717, 1.165) is 17.3 Å². The Labute approximate surface area is 122 Å². The predicted octanol–water partition coefficient (Wildman–Crippen LogP) is 3.06. The predicted molar refractivity (Wildman–Crippen MR) is 77.8 cm³/mol. The fourth-order valence-electron chi connectivity index (χ4n) is 2.42. The van der Waals surface area contributed by atoms with Crippen molar-refractivity contribution < 1.29 is 8.78 Å². The van der Waals surface area contributed by atoms with E-state index >= 15 is 0 Å². The third-order valence-electron chi connectivity index (χ3n) is 3.18. The molecule has 6 heteroatoms. The van der Waals surface area contributed by atoms with E-state index in [4.69, 9.17) is 5.84 Å². The number of hydrogen-bond acceptors (Lipinski definition) is 4. The Morgan fingerprint density at radius 1 is 1.14 bits per heavy atom. The van der Waals surface area contributed by atoms with Gasteiger partial charge >= 0.3 is 0 Å². The van der Waals surface area contributed by atoms with Crippen LogP contribution in [-0.2, 0) is 6.42 Å². The van der Waals surface area contributed by atoms with Crippen LogP contribution in [0.5, 0.6) is 0 Å². The number of halogens is 2. The number of aromatic nitrogens is 2. The van der Waals surface area contributed by atoms with E-state index in [2.05, 4.69) is 15.4 Å². The average molecular weight is 292 g/mol. The Morgan fingerprint density at radius 2 is 1.76 bits per heavy atom. The van der Waals surface area contributed by atoms with Crippen LogP contribution >= 0.6 is 0 Å². The van der Waals surface area contributed by atoms with Crippen LogP contribution in [0.3, 0.4) is 0 Å². The van der Waals surface area contributed by atoms with Crippen LogP contribution in [0.2, 0.25) is 0 Å². The van der Waals surface area contributed by atoms with Gasteiger partial charge in [-0.05, 0) is 30.5 Å². The molecule has 1 heterocycles. The molecule has 0 unspecified atom stereocenters. The summed E-state index contributed by atoms with van der Waals surface area (Å²) >= 11 is 0. The Morgan fingerprint density at radius 3 is 2.29 bits per heavy atom. The van der Waals surface area contributed by atoms with E-state index in [9.17, 15) is 8.78 Å². The summed E-state index contributed by atoms with van der Waals surface area (Å²) in [5.74, 6) is 5.51. The summed E-state index contributed by atoms with van der Waals surface area (Å²) in [4.78, 5) is 8.74. The van der Waals surface area contributed by atoms with Crippen molar-refractivity contribution in [2.75, 3.05) is 5.43 Å². The van der Waals surface area contributed by atoms with Crippen molar-refractivity contribution in [1.29, 1.82) is 0 Å². The van der Waals surface area contributed by atoms with Crippen molar-refractivity contribution in [2.24, 2.45) is 5.84 Å². The lowest BCUT2D eigenvalue weighted by molar-refractivity contribution is 0.580. The molecule has 0 amide bonds. The SMILES string of the molecule is Cc1nc(Cc2cc(F)cc(F)c2)nc(NN)c1C(C)C. The molecule has 1 aromatic heterocycles. The Bertz CT molecular complexity index is 636. The number of nitrogens with one attached hydrogen (secondary N) is 1. The summed E-state index contributed by atoms with van der Waals surface area (Å²) in [6, 6.07) is 3.38. The highest BCUT2D eigenvalue weighted by molar-refractivity contribution is 5.47. The molecule has 0 aliphatic heterocycles. The second kappa shape index (κ2) is 6.13. The molecule has 0 aliphatic carbocycles. The van der Waals surface area contributed by atoms with Crippen molar-refractivity contribution in [3.63, 3.8) is 0 Å². The van der Waals surface area contributed by atoms with Gasteiger partial charge in [0.15, 0.2) is 0 Å². The molecule has 0 saturated heterocycles. The topological polar surface area (TPSA) is 63.8 Å². The van der Waals surface area contributed by atoms with Crippen molar-refractivity contribution in [2.45, 2.75) is 33.1 Å². The molecule has 0 bridgehead atoms. The van der Waals surface area contributed by atoms with Crippen LogP contribution in [-0.4, -0.2) is 9.97 Å². The first-order valence-electron chi connectivity index (χ1n) is 6.69. The van der Waals surface area contributed by atoms with Gasteiger partial charge in [0.1, 0.15) is 23.3 Å². The van der Waals surface area contributed by atoms with Crippen molar-refractivity contribution in [3.05, 3.63) is 52.5 Å². The van der Waals surface area contributed by atoms with E-state index < -0.39 is 11.6 Å². The summed E-state index contributed by atoms with van der Waals surface area (Å²) in [6.07, 6.45) is 0.239. The quantitative estimate of drug-likeness (QED) is 0.671. The highest BCUT2D eigenvalue weighted by atomic mass is 19.1. The van der Waals surface area contributed by atoms with Gasteiger partial charge in [0.05, 0.1) is 0 Å². The Kier molecular flexibility index (Phi) is 4.47. The zero-order chi connectivity index (χ0) is 15.6. The van der Waals surface area contributed by atoms with Gasteiger partial charge in [-0.3, -0.25) is 0 Å². The van der Waals surface area contributed by atoms with E-state index in [1.165, 1.54) is 12.1 Å². The second-order valence-electron chi connectivity index (χ2n) is 5.24. The van der Waals surface area contributed by atoms with Gasteiger partial charge in [-0.1, -0.05) is 13.8 Å². The standard InChI is InChI=1S/C15H18F2N4/c1-8(2)14-9(3)19-13(20-15(14)21-18)6-10-4-11(16)7-12(17)5-10/h4-5,7-8H,6,18H2,1-3H3,(H,19,20,21). The van der Waals surface area contributed by atoms with Gasteiger partial charge in [0.25, 0.3) is 0 Å². The van der Waals surface area contributed by atoms with Crippen molar-refractivity contribution in [3.8, 4) is 0 Å². The number of nitrogens with zero attached hydrogens (tertiary/aromatic N) is 2. The first-order chi connectivity index (χ1) is 9.90. The van der Waals surface area contributed by atoms with Crippen molar-refractivity contribution >= 4 is 5.82 Å². The lowest BCUT2D eigenvalue weighted by Crippen LogP contribution is -2.15. The minimum atomic E-state index is -0.613. The molecule has 0 fully saturated rings. The number of hydrazine groups is 1. The molecule has 0 radical (unpaired) electrons. The maximum atomic E-state index is 13.2. The van der Waals surface area contributed by atoms with E-state index in [1.54, 1.807) is 0 Å². The maximum absolute atomic E-state index is 13.2. The minimum Gasteiger partial charge on any atom is -0.308 e. The minimum absolute atomic E-state index is 0.219. The number of aryl methyl sites for hydroxylation is 1. The largest absolute Gasteiger partial charge is 0.308 e. The fourth-order valence-corrected chi connectivity index (χ4v) is 2.42. The van der Waals surface area contributed by atoms with Gasteiger partial charge in [-0.15, -0.1) is 0 Å². The summed E-state index contributed by atoms with van der Waals surface area (Å²) in [7, 11) is 0. The summed E-state index contributed by atoms with van der Waals surface area (Å²) in [5.41, 5.74) is 4.79. The summed E-state index contributed by atoms with van der Waals surface area (Å²) in [6.45, 7) is 5.91. The third kappa shape index (κ3) is 3.52. The van der Waals surface area contributed by atoms with Gasteiger partial charge in [-0.25, -0.2) is 24.6 Å².